The van der Waals surface area contributed by atoms with Crippen LogP contribution >= 0.6 is 0 Å². The van der Waals surface area contributed by atoms with Crippen molar-refractivity contribution in [3.8, 4) is 0 Å². The highest BCUT2D eigenvalue weighted by molar-refractivity contribution is 5.99. The average molecular weight is 271 g/mol. The van der Waals surface area contributed by atoms with Crippen LogP contribution in [0.2, 0.25) is 0 Å². The molecule has 0 bridgehead atoms. The van der Waals surface area contributed by atoms with Gasteiger partial charge in [-0.3, -0.25) is 33.9 Å². The predicted molar refractivity (Wildman–Crippen MR) is 63.9 cm³/mol. The molecule has 8 nitrogen and oxygen atoms in total. The van der Waals surface area contributed by atoms with E-state index in [-0.39, 0.29) is 36.8 Å². The van der Waals surface area contributed by atoms with Crippen LogP contribution in [0.25, 0.3) is 0 Å². The highest BCUT2D eigenvalue weighted by Crippen LogP contribution is 1.98. The Kier molecular flexibility index (Phi) is 5.13. The summed E-state index contributed by atoms with van der Waals surface area (Å²) < 4.78 is 4.62. The quantitative estimate of drug-likeness (QED) is 0.470. The summed E-state index contributed by atoms with van der Waals surface area (Å²) >= 11 is 0. The van der Waals surface area contributed by atoms with Crippen molar-refractivity contribution in [3.05, 3.63) is 0 Å². The normalized spacial score (nSPS) is 21.4. The van der Waals surface area contributed by atoms with Crippen LogP contribution in [0.5, 0.6) is 0 Å². The Balaban J connectivity index is 0.000000191. The minimum atomic E-state index is -0.272. The molecular formula is C11H17N3O5. The first-order chi connectivity index (χ1) is 8.82. The minimum Gasteiger partial charge on any atom is -0.362 e. The number of nitrogens with zero attached hydrogens (tertiary/aromatic N) is 3. The molecule has 0 aliphatic carbocycles. The van der Waals surface area contributed by atoms with Gasteiger partial charge >= 0.3 is 0 Å². The molecular weight excluding hydrogens is 254 g/mol. The van der Waals surface area contributed by atoms with E-state index in [9.17, 15) is 19.2 Å². The molecule has 0 N–H and O–H groups in total. The topological polar surface area (TPSA) is 87.2 Å². The predicted octanol–water partition coefficient (Wildman–Crippen LogP) is -2.08. The number of carbonyl (C=O) groups excluding carboxylic acids is 4. The van der Waals surface area contributed by atoms with Crippen LogP contribution in [-0.2, 0) is 23.9 Å². The Labute approximate surface area is 110 Å². The Morgan fingerprint density at radius 1 is 0.737 bits per heavy atom. The number of hydrogen-bond acceptors (Lipinski definition) is 6. The van der Waals surface area contributed by atoms with E-state index in [0.717, 1.165) is 4.90 Å². The second-order valence-corrected chi connectivity index (χ2v) is 4.36. The number of ether oxygens (including phenoxy) is 1. The molecule has 2 heterocycles. The Morgan fingerprint density at radius 2 is 1.11 bits per heavy atom. The molecule has 0 spiro atoms. The first kappa shape index (κ1) is 15.3. The van der Waals surface area contributed by atoms with Crippen LogP contribution in [0.4, 0.5) is 0 Å². The van der Waals surface area contributed by atoms with Gasteiger partial charge in [-0.25, -0.2) is 0 Å². The van der Waals surface area contributed by atoms with Crippen molar-refractivity contribution in [1.82, 2.24) is 14.7 Å². The van der Waals surface area contributed by atoms with Gasteiger partial charge in [0.15, 0.2) is 0 Å². The van der Waals surface area contributed by atoms with E-state index < -0.39 is 0 Å². The number of hydrogen-bond donors (Lipinski definition) is 0. The van der Waals surface area contributed by atoms with Crippen LogP contribution in [0.1, 0.15) is 0 Å². The van der Waals surface area contributed by atoms with Gasteiger partial charge < -0.3 is 4.74 Å². The van der Waals surface area contributed by atoms with Crippen LogP contribution in [-0.4, -0.2) is 85.8 Å². The lowest BCUT2D eigenvalue weighted by Crippen LogP contribution is -2.50. The molecule has 0 radical (unpaired) electrons. The number of rotatable bonds is 0. The zero-order valence-corrected chi connectivity index (χ0v) is 11.2. The molecule has 19 heavy (non-hydrogen) atoms. The molecule has 0 saturated carbocycles. The molecule has 2 aliphatic rings. The fourth-order valence-electron chi connectivity index (χ4n) is 1.43. The number of morpholine rings is 1. The second kappa shape index (κ2) is 6.39. The van der Waals surface area contributed by atoms with Crippen LogP contribution in [0.15, 0.2) is 0 Å². The third kappa shape index (κ3) is 4.11. The maximum atomic E-state index is 10.9. The van der Waals surface area contributed by atoms with E-state index in [0.29, 0.717) is 13.1 Å². The molecule has 0 atom stereocenters. The first-order valence-electron chi connectivity index (χ1n) is 5.68. The van der Waals surface area contributed by atoms with Crippen molar-refractivity contribution in [2.45, 2.75) is 0 Å². The van der Waals surface area contributed by atoms with Gasteiger partial charge in [-0.1, -0.05) is 0 Å². The second-order valence-electron chi connectivity index (χ2n) is 4.36. The fraction of sp³-hybridized carbons (Fsp3) is 0.636. The molecule has 2 rings (SSSR count). The van der Waals surface area contributed by atoms with Crippen LogP contribution in [0.3, 0.4) is 0 Å². The van der Waals surface area contributed by atoms with E-state index in [4.69, 9.17) is 0 Å². The van der Waals surface area contributed by atoms with Crippen molar-refractivity contribution < 1.29 is 23.9 Å². The summed E-state index contributed by atoms with van der Waals surface area (Å²) in [6.45, 7) is 0.759. The summed E-state index contributed by atoms with van der Waals surface area (Å²) in [5.41, 5.74) is 0. The zero-order valence-electron chi connectivity index (χ0n) is 11.2. The van der Waals surface area contributed by atoms with Gasteiger partial charge in [0.2, 0.25) is 11.8 Å². The molecule has 8 heteroatoms. The molecule has 106 valence electrons. The standard InChI is InChI=1S/C6H10N2O2.C5H7NO3/c1-7-3-5(9)8(2)6(10)4-7;1-6-4(7)2-9-3-5(6)8/h3-4H2,1-2H3;2-3H2,1H3. The van der Waals surface area contributed by atoms with Crippen molar-refractivity contribution >= 4 is 23.6 Å². The summed E-state index contributed by atoms with van der Waals surface area (Å²) in [5.74, 6) is -0.796. The number of likely N-dealkylation sites (N-methyl/N-ethyl adjacent to an activating group) is 3. The Bertz CT molecular complexity index is 375. The van der Waals surface area contributed by atoms with Gasteiger partial charge in [0, 0.05) is 14.1 Å². The van der Waals surface area contributed by atoms with Crippen molar-refractivity contribution in [2.75, 3.05) is 47.4 Å². The molecule has 0 aromatic heterocycles. The highest BCUT2D eigenvalue weighted by Gasteiger charge is 2.25. The van der Waals surface area contributed by atoms with Gasteiger partial charge in [0.05, 0.1) is 13.1 Å². The lowest BCUT2D eigenvalue weighted by molar-refractivity contribution is -0.156. The molecule has 0 aromatic carbocycles. The molecule has 4 amide bonds. The van der Waals surface area contributed by atoms with Gasteiger partial charge in [0.1, 0.15) is 13.2 Å². The summed E-state index contributed by atoms with van der Waals surface area (Å²) in [4.78, 5) is 46.9. The summed E-state index contributed by atoms with van der Waals surface area (Å²) in [6.07, 6.45) is 0. The van der Waals surface area contributed by atoms with E-state index >= 15 is 0 Å². The molecule has 0 unspecified atom stereocenters. The van der Waals surface area contributed by atoms with Crippen LogP contribution < -0.4 is 0 Å². The average Bonchev–Trinajstić information content (AvgIpc) is 2.33. The molecule has 2 aliphatic heterocycles. The molecule has 2 saturated heterocycles. The zero-order chi connectivity index (χ0) is 14.6. The van der Waals surface area contributed by atoms with Gasteiger partial charge in [-0.2, -0.15) is 0 Å². The lowest BCUT2D eigenvalue weighted by Gasteiger charge is -2.26. The van der Waals surface area contributed by atoms with Crippen LogP contribution in [0, 0.1) is 0 Å². The van der Waals surface area contributed by atoms with E-state index in [1.54, 1.807) is 11.9 Å². The number of carbonyl (C=O) groups is 4. The van der Waals surface area contributed by atoms with Crippen molar-refractivity contribution in [3.63, 3.8) is 0 Å². The minimum absolute atomic E-state index is 0.0300. The number of imide groups is 2. The SMILES string of the molecule is CN1C(=O)COCC1=O.CN1CC(=O)N(C)C(=O)C1. The van der Waals surface area contributed by atoms with Crippen molar-refractivity contribution in [1.29, 1.82) is 0 Å². The van der Waals surface area contributed by atoms with Crippen molar-refractivity contribution in [2.24, 2.45) is 0 Å². The Morgan fingerprint density at radius 3 is 1.47 bits per heavy atom. The van der Waals surface area contributed by atoms with E-state index in [2.05, 4.69) is 4.74 Å². The van der Waals surface area contributed by atoms with E-state index in [1.165, 1.54) is 19.0 Å². The number of piperazine rings is 1. The van der Waals surface area contributed by atoms with Gasteiger partial charge in [0.25, 0.3) is 11.8 Å². The van der Waals surface area contributed by atoms with E-state index in [1.807, 2.05) is 0 Å². The summed E-state index contributed by atoms with van der Waals surface area (Å²) in [7, 11) is 4.72. The highest BCUT2D eigenvalue weighted by atomic mass is 16.5. The third-order valence-electron chi connectivity index (χ3n) is 2.76. The third-order valence-corrected chi connectivity index (χ3v) is 2.76. The maximum absolute atomic E-state index is 10.9. The van der Waals surface area contributed by atoms with Gasteiger partial charge in [-0.15, -0.1) is 0 Å². The molecule has 0 aromatic rings. The smallest absolute Gasteiger partial charge is 0.254 e. The van der Waals surface area contributed by atoms with Gasteiger partial charge in [-0.05, 0) is 7.05 Å². The number of amides is 4. The lowest BCUT2D eigenvalue weighted by atomic mass is 10.3. The maximum Gasteiger partial charge on any atom is 0.254 e. The molecule has 2 fully saturated rings. The Hall–Kier alpha value is -1.80. The monoisotopic (exact) mass is 271 g/mol. The fourth-order valence-corrected chi connectivity index (χ4v) is 1.43. The largest absolute Gasteiger partial charge is 0.362 e. The summed E-state index contributed by atoms with van der Waals surface area (Å²) in [5, 5.41) is 0. The first-order valence-corrected chi connectivity index (χ1v) is 5.68. The summed E-state index contributed by atoms with van der Waals surface area (Å²) in [6, 6.07) is 0.